The summed E-state index contributed by atoms with van der Waals surface area (Å²) in [5, 5.41) is 20.3. The fraction of sp³-hybridized carbons (Fsp3) is 0.273. The Balaban J connectivity index is 2.49. The lowest BCUT2D eigenvalue weighted by molar-refractivity contribution is 0.0697. The van der Waals surface area contributed by atoms with Crippen molar-refractivity contribution >= 4 is 5.97 Å². The van der Waals surface area contributed by atoms with Crippen LogP contribution >= 0.6 is 0 Å². The van der Waals surface area contributed by atoms with Crippen LogP contribution in [0.25, 0.3) is 5.69 Å². The zero-order valence-electron chi connectivity index (χ0n) is 9.53. The molecule has 0 fully saturated rings. The highest BCUT2D eigenvalue weighted by Gasteiger charge is 2.13. The molecule has 0 amide bonds. The first-order valence-corrected chi connectivity index (χ1v) is 5.21. The lowest BCUT2D eigenvalue weighted by Gasteiger charge is -2.07. The summed E-state index contributed by atoms with van der Waals surface area (Å²) in [4.78, 5) is 10.9. The van der Waals surface area contributed by atoms with Crippen LogP contribution in [-0.2, 0) is 0 Å². The van der Waals surface area contributed by atoms with Crippen molar-refractivity contribution in [2.45, 2.75) is 19.8 Å². The number of aromatic nitrogens is 4. The van der Waals surface area contributed by atoms with Crippen LogP contribution in [0.3, 0.4) is 0 Å². The number of hydrogen-bond donors (Lipinski definition) is 1. The number of nitrogens with zero attached hydrogens (tertiary/aromatic N) is 4. The molecule has 1 heterocycles. The molecule has 2 rings (SSSR count). The maximum atomic E-state index is 10.9. The average Bonchev–Trinajstić information content (AvgIpc) is 2.78. The van der Waals surface area contributed by atoms with Crippen molar-refractivity contribution in [3.8, 4) is 5.69 Å². The molecule has 6 heteroatoms. The van der Waals surface area contributed by atoms with Crippen LogP contribution in [0.5, 0.6) is 0 Å². The number of carbonyl (C=O) groups is 1. The highest BCUT2D eigenvalue weighted by atomic mass is 16.4. The first-order valence-electron chi connectivity index (χ1n) is 5.21. The topological polar surface area (TPSA) is 80.9 Å². The minimum Gasteiger partial charge on any atom is -0.478 e. The molecule has 0 atom stereocenters. The number of benzene rings is 1. The molecule has 88 valence electrons. The molecule has 0 radical (unpaired) electrons. The van der Waals surface area contributed by atoms with Gasteiger partial charge in [-0.25, -0.2) is 4.79 Å². The molecular weight excluding hydrogens is 220 g/mol. The molecule has 6 nitrogen and oxygen atoms in total. The normalized spacial score (nSPS) is 10.8. The average molecular weight is 232 g/mol. The smallest absolute Gasteiger partial charge is 0.335 e. The summed E-state index contributed by atoms with van der Waals surface area (Å²) < 4.78 is 1.55. The number of carboxylic acid groups (broad SMARTS) is 1. The van der Waals surface area contributed by atoms with E-state index >= 15 is 0 Å². The quantitative estimate of drug-likeness (QED) is 0.866. The predicted octanol–water partition coefficient (Wildman–Crippen LogP) is 1.48. The summed E-state index contributed by atoms with van der Waals surface area (Å²) in [5.74, 6) is -0.1000. The van der Waals surface area contributed by atoms with Gasteiger partial charge in [-0.3, -0.25) is 0 Å². The van der Waals surface area contributed by atoms with Gasteiger partial charge in [0.25, 0.3) is 0 Å². The third-order valence-corrected chi connectivity index (χ3v) is 2.35. The van der Waals surface area contributed by atoms with Crippen LogP contribution in [-0.4, -0.2) is 31.3 Å². The van der Waals surface area contributed by atoms with Gasteiger partial charge in [0.2, 0.25) is 0 Å². The van der Waals surface area contributed by atoms with Gasteiger partial charge in [0.15, 0.2) is 5.82 Å². The van der Waals surface area contributed by atoms with Gasteiger partial charge in [0.05, 0.1) is 11.3 Å². The van der Waals surface area contributed by atoms with E-state index in [2.05, 4.69) is 15.5 Å². The van der Waals surface area contributed by atoms with Crippen molar-refractivity contribution in [1.29, 1.82) is 0 Å². The van der Waals surface area contributed by atoms with Crippen LogP contribution in [0.4, 0.5) is 0 Å². The lowest BCUT2D eigenvalue weighted by Crippen LogP contribution is -2.06. The van der Waals surface area contributed by atoms with Crippen LogP contribution in [0.15, 0.2) is 24.3 Å². The van der Waals surface area contributed by atoms with Crippen molar-refractivity contribution in [2.24, 2.45) is 0 Å². The van der Waals surface area contributed by atoms with Gasteiger partial charge >= 0.3 is 5.97 Å². The zero-order valence-corrected chi connectivity index (χ0v) is 9.53. The monoisotopic (exact) mass is 232 g/mol. The molecule has 1 aromatic heterocycles. The fourth-order valence-electron chi connectivity index (χ4n) is 1.51. The molecule has 1 aromatic carbocycles. The Morgan fingerprint density at radius 1 is 1.41 bits per heavy atom. The molecule has 2 aromatic rings. The fourth-order valence-corrected chi connectivity index (χ4v) is 1.51. The first kappa shape index (κ1) is 11.3. The van der Waals surface area contributed by atoms with Crippen LogP contribution < -0.4 is 0 Å². The van der Waals surface area contributed by atoms with E-state index in [9.17, 15) is 4.79 Å². The summed E-state index contributed by atoms with van der Waals surface area (Å²) in [6.07, 6.45) is 0. The molecule has 0 aliphatic heterocycles. The van der Waals surface area contributed by atoms with E-state index < -0.39 is 5.97 Å². The van der Waals surface area contributed by atoms with Gasteiger partial charge in [-0.15, -0.1) is 5.10 Å². The van der Waals surface area contributed by atoms with E-state index in [-0.39, 0.29) is 11.5 Å². The van der Waals surface area contributed by atoms with Gasteiger partial charge in [-0.05, 0) is 28.6 Å². The Morgan fingerprint density at radius 3 is 2.82 bits per heavy atom. The van der Waals surface area contributed by atoms with Gasteiger partial charge in [0, 0.05) is 5.92 Å². The van der Waals surface area contributed by atoms with Crippen LogP contribution in [0.1, 0.15) is 35.9 Å². The lowest BCUT2D eigenvalue weighted by atomic mass is 10.2. The molecule has 1 N–H and O–H groups in total. The van der Waals surface area contributed by atoms with E-state index in [1.807, 2.05) is 13.8 Å². The minimum atomic E-state index is -0.967. The van der Waals surface area contributed by atoms with Crippen molar-refractivity contribution in [3.63, 3.8) is 0 Å². The van der Waals surface area contributed by atoms with E-state index in [0.717, 1.165) is 0 Å². The van der Waals surface area contributed by atoms with Crippen molar-refractivity contribution in [3.05, 3.63) is 35.7 Å². The highest BCUT2D eigenvalue weighted by molar-refractivity contribution is 5.88. The summed E-state index contributed by atoms with van der Waals surface area (Å²) in [6.45, 7) is 3.95. The molecule has 0 aliphatic carbocycles. The molecule has 0 bridgehead atoms. The number of rotatable bonds is 3. The maximum Gasteiger partial charge on any atom is 0.335 e. The summed E-state index contributed by atoms with van der Waals surface area (Å²) in [7, 11) is 0. The second-order valence-electron chi connectivity index (χ2n) is 3.96. The maximum absolute atomic E-state index is 10.9. The standard InChI is InChI=1S/C11H12N4O2/c1-7(2)10-12-13-14-15(10)9-5-3-4-8(6-9)11(16)17/h3-7H,1-2H3,(H,16,17). The highest BCUT2D eigenvalue weighted by Crippen LogP contribution is 2.16. The second kappa shape index (κ2) is 4.32. The Labute approximate surface area is 97.9 Å². The summed E-state index contributed by atoms with van der Waals surface area (Å²) in [6, 6.07) is 6.52. The van der Waals surface area contributed by atoms with Crippen LogP contribution in [0, 0.1) is 0 Å². The summed E-state index contributed by atoms with van der Waals surface area (Å²) >= 11 is 0. The van der Waals surface area contributed by atoms with Crippen molar-refractivity contribution in [1.82, 2.24) is 20.2 Å². The number of aromatic carboxylic acids is 1. The largest absolute Gasteiger partial charge is 0.478 e. The van der Waals surface area contributed by atoms with E-state index in [1.54, 1.807) is 22.9 Å². The zero-order chi connectivity index (χ0) is 12.4. The van der Waals surface area contributed by atoms with Crippen molar-refractivity contribution in [2.75, 3.05) is 0 Å². The molecule has 0 saturated heterocycles. The van der Waals surface area contributed by atoms with E-state index in [4.69, 9.17) is 5.11 Å². The molecule has 0 spiro atoms. The van der Waals surface area contributed by atoms with Gasteiger partial charge in [0.1, 0.15) is 0 Å². The third kappa shape index (κ3) is 2.15. The second-order valence-corrected chi connectivity index (χ2v) is 3.96. The molecule has 0 unspecified atom stereocenters. The summed E-state index contributed by atoms with van der Waals surface area (Å²) in [5.41, 5.74) is 0.867. The molecule has 0 aliphatic rings. The van der Waals surface area contributed by atoms with Crippen molar-refractivity contribution < 1.29 is 9.90 Å². The number of hydrogen-bond acceptors (Lipinski definition) is 4. The number of tetrazole rings is 1. The predicted molar refractivity (Wildman–Crippen MR) is 60.2 cm³/mol. The Kier molecular flexibility index (Phi) is 2.86. The van der Waals surface area contributed by atoms with Crippen LogP contribution in [0.2, 0.25) is 0 Å². The minimum absolute atomic E-state index is 0.165. The third-order valence-electron chi connectivity index (χ3n) is 2.35. The molecular formula is C11H12N4O2. The SMILES string of the molecule is CC(C)c1nnnn1-c1cccc(C(=O)O)c1. The number of carboxylic acids is 1. The molecule has 0 saturated carbocycles. The van der Waals surface area contributed by atoms with Gasteiger partial charge in [-0.2, -0.15) is 4.68 Å². The van der Waals surface area contributed by atoms with E-state index in [0.29, 0.717) is 11.5 Å². The Bertz CT molecular complexity index is 548. The Hall–Kier alpha value is -2.24. The first-order chi connectivity index (χ1) is 8.09. The van der Waals surface area contributed by atoms with Gasteiger partial charge in [-0.1, -0.05) is 19.9 Å². The Morgan fingerprint density at radius 2 is 2.18 bits per heavy atom. The molecule has 17 heavy (non-hydrogen) atoms. The van der Waals surface area contributed by atoms with E-state index in [1.165, 1.54) is 6.07 Å². The van der Waals surface area contributed by atoms with Gasteiger partial charge < -0.3 is 5.11 Å².